The molecule has 0 radical (unpaired) electrons. The number of ether oxygens (including phenoxy) is 1. The maximum absolute atomic E-state index is 12.8. The second-order valence-corrected chi connectivity index (χ2v) is 8.99. The minimum atomic E-state index is -0.112. The number of morpholine rings is 1. The number of amides is 3. The molecule has 2 heterocycles. The van der Waals surface area contributed by atoms with Gasteiger partial charge >= 0.3 is 6.03 Å². The van der Waals surface area contributed by atoms with Crippen molar-refractivity contribution in [3.8, 4) is 0 Å². The van der Waals surface area contributed by atoms with E-state index in [2.05, 4.69) is 21.6 Å². The van der Waals surface area contributed by atoms with Crippen molar-refractivity contribution in [1.29, 1.82) is 0 Å². The minimum Gasteiger partial charge on any atom is -0.379 e. The smallest absolute Gasteiger partial charge is 0.321 e. The quantitative estimate of drug-likeness (QED) is 0.673. The molecule has 2 fully saturated rings. The molecule has 1 atom stereocenters. The Morgan fingerprint density at radius 1 is 1.06 bits per heavy atom. The first-order chi connectivity index (χ1) is 16.1. The summed E-state index contributed by atoms with van der Waals surface area (Å²) in [6.07, 6.45) is 1.92. The normalized spacial score (nSPS) is 19.2. The van der Waals surface area contributed by atoms with Crippen LogP contribution in [-0.2, 0) is 4.74 Å². The molecule has 2 aliphatic heterocycles. The van der Waals surface area contributed by atoms with Gasteiger partial charge in [0.25, 0.3) is 5.91 Å². The predicted octanol–water partition coefficient (Wildman–Crippen LogP) is 3.81. The van der Waals surface area contributed by atoms with Crippen molar-refractivity contribution in [2.24, 2.45) is 0 Å². The summed E-state index contributed by atoms with van der Waals surface area (Å²) in [5.74, 6) is 0.147. The van der Waals surface area contributed by atoms with E-state index in [1.165, 1.54) is 0 Å². The Labute approximate surface area is 200 Å². The fraction of sp³-hybridized carbons (Fsp3) is 0.440. The first-order valence-electron chi connectivity index (χ1n) is 11.6. The van der Waals surface area contributed by atoms with E-state index in [1.807, 2.05) is 23.1 Å². The van der Waals surface area contributed by atoms with Gasteiger partial charge in [0.2, 0.25) is 0 Å². The molecule has 0 aromatic heterocycles. The molecule has 2 N–H and O–H groups in total. The summed E-state index contributed by atoms with van der Waals surface area (Å²) in [5.41, 5.74) is 2.49. The van der Waals surface area contributed by atoms with Crippen molar-refractivity contribution < 1.29 is 14.3 Å². The van der Waals surface area contributed by atoms with Crippen molar-refractivity contribution in [1.82, 2.24) is 15.1 Å². The van der Waals surface area contributed by atoms with E-state index in [1.54, 1.807) is 24.3 Å². The van der Waals surface area contributed by atoms with Gasteiger partial charge in [-0.3, -0.25) is 9.69 Å². The highest BCUT2D eigenvalue weighted by Crippen LogP contribution is 2.28. The summed E-state index contributed by atoms with van der Waals surface area (Å²) in [4.78, 5) is 29.6. The largest absolute Gasteiger partial charge is 0.379 e. The third kappa shape index (κ3) is 6.69. The molecule has 2 aromatic carbocycles. The molecule has 176 valence electrons. The number of urea groups is 1. The van der Waals surface area contributed by atoms with Crippen LogP contribution in [0.1, 0.15) is 34.7 Å². The predicted molar refractivity (Wildman–Crippen MR) is 130 cm³/mol. The summed E-state index contributed by atoms with van der Waals surface area (Å²) in [6.45, 7) is 6.13. The number of hydrogen-bond donors (Lipinski definition) is 2. The topological polar surface area (TPSA) is 73.9 Å². The van der Waals surface area contributed by atoms with Gasteiger partial charge in [0.1, 0.15) is 0 Å². The molecule has 0 spiro atoms. The van der Waals surface area contributed by atoms with E-state index in [9.17, 15) is 9.59 Å². The minimum absolute atomic E-state index is 0.0572. The zero-order chi connectivity index (χ0) is 23.0. The molecule has 8 heteroatoms. The maximum Gasteiger partial charge on any atom is 0.321 e. The average molecular weight is 471 g/mol. The zero-order valence-corrected chi connectivity index (χ0v) is 19.5. The molecule has 0 bridgehead atoms. The van der Waals surface area contributed by atoms with Crippen LogP contribution in [0.3, 0.4) is 0 Å². The van der Waals surface area contributed by atoms with Crippen LogP contribution in [0.15, 0.2) is 48.5 Å². The highest BCUT2D eigenvalue weighted by Gasteiger charge is 2.25. The number of carbonyl (C=O) groups excluding carboxylic acids is 2. The second-order valence-electron chi connectivity index (χ2n) is 8.56. The summed E-state index contributed by atoms with van der Waals surface area (Å²) < 4.78 is 5.36. The Bertz CT molecular complexity index is 947. The number of hydrogen-bond acceptors (Lipinski definition) is 4. The van der Waals surface area contributed by atoms with Crippen LogP contribution in [0, 0.1) is 0 Å². The van der Waals surface area contributed by atoms with E-state index in [4.69, 9.17) is 16.3 Å². The van der Waals surface area contributed by atoms with E-state index in [-0.39, 0.29) is 17.9 Å². The van der Waals surface area contributed by atoms with Crippen LogP contribution in [0.25, 0.3) is 0 Å². The molecule has 3 amide bonds. The van der Waals surface area contributed by atoms with E-state index < -0.39 is 0 Å². The van der Waals surface area contributed by atoms with Crippen LogP contribution in [0.5, 0.6) is 0 Å². The molecule has 0 saturated carbocycles. The monoisotopic (exact) mass is 470 g/mol. The molecular weight excluding hydrogens is 440 g/mol. The molecule has 2 saturated heterocycles. The molecule has 33 heavy (non-hydrogen) atoms. The van der Waals surface area contributed by atoms with Crippen LogP contribution in [0.4, 0.5) is 10.5 Å². The standard InChI is InChI=1S/C25H31ClN4O3/c26-22-6-8-23(9-7-22)28-25(32)30-11-2-5-21(18-30)19-3-1-4-20(17-19)24(31)27-10-12-29-13-15-33-16-14-29/h1,3-4,6-9,17,21H,2,5,10-16,18H2,(H,27,31)(H,28,32). The molecular formula is C25H31ClN4O3. The third-order valence-corrected chi connectivity index (χ3v) is 6.49. The number of benzene rings is 2. The lowest BCUT2D eigenvalue weighted by molar-refractivity contribution is 0.0383. The Morgan fingerprint density at radius 3 is 2.64 bits per heavy atom. The van der Waals surface area contributed by atoms with Crippen molar-refractivity contribution in [3.05, 3.63) is 64.7 Å². The van der Waals surface area contributed by atoms with Gasteiger partial charge in [0, 0.05) is 61.5 Å². The van der Waals surface area contributed by atoms with Crippen LogP contribution in [0.2, 0.25) is 5.02 Å². The lowest BCUT2D eigenvalue weighted by atomic mass is 9.89. The molecule has 0 aliphatic carbocycles. The Balaban J connectivity index is 1.31. The van der Waals surface area contributed by atoms with Crippen molar-refractivity contribution in [2.75, 3.05) is 57.8 Å². The zero-order valence-electron chi connectivity index (χ0n) is 18.8. The summed E-state index contributed by atoms with van der Waals surface area (Å²) in [6, 6.07) is 14.8. The molecule has 1 unspecified atom stereocenters. The van der Waals surface area contributed by atoms with Crippen LogP contribution >= 0.6 is 11.6 Å². The number of nitrogens with one attached hydrogen (secondary N) is 2. The summed E-state index contributed by atoms with van der Waals surface area (Å²) >= 11 is 5.92. The summed E-state index contributed by atoms with van der Waals surface area (Å²) in [5, 5.41) is 6.61. The van der Waals surface area contributed by atoms with Crippen LogP contribution < -0.4 is 10.6 Å². The molecule has 7 nitrogen and oxygen atoms in total. The summed E-state index contributed by atoms with van der Waals surface area (Å²) in [7, 11) is 0. The van der Waals surface area contributed by atoms with Gasteiger partial charge in [0.15, 0.2) is 0 Å². The van der Waals surface area contributed by atoms with Gasteiger partial charge in [-0.1, -0.05) is 23.7 Å². The highest BCUT2D eigenvalue weighted by atomic mass is 35.5. The van der Waals surface area contributed by atoms with Crippen molar-refractivity contribution in [2.45, 2.75) is 18.8 Å². The van der Waals surface area contributed by atoms with Crippen molar-refractivity contribution in [3.63, 3.8) is 0 Å². The first kappa shape index (κ1) is 23.5. The molecule has 2 aliphatic rings. The lowest BCUT2D eigenvalue weighted by Gasteiger charge is -2.33. The Morgan fingerprint density at radius 2 is 1.85 bits per heavy atom. The number of rotatable bonds is 6. The number of carbonyl (C=O) groups is 2. The molecule has 4 rings (SSSR count). The third-order valence-electron chi connectivity index (χ3n) is 6.24. The average Bonchev–Trinajstić information content (AvgIpc) is 2.86. The van der Waals surface area contributed by atoms with Gasteiger partial charge in [0.05, 0.1) is 13.2 Å². The van der Waals surface area contributed by atoms with E-state index in [0.717, 1.165) is 63.5 Å². The Kier molecular flexibility index (Phi) is 8.20. The number of halogens is 1. The SMILES string of the molecule is O=C(NCCN1CCOCC1)c1cccc(C2CCCN(C(=O)Nc3ccc(Cl)cc3)C2)c1. The number of likely N-dealkylation sites (tertiary alicyclic amines) is 1. The van der Waals surface area contributed by atoms with Gasteiger partial charge in [-0.15, -0.1) is 0 Å². The van der Waals surface area contributed by atoms with Gasteiger partial charge < -0.3 is 20.3 Å². The van der Waals surface area contributed by atoms with Gasteiger partial charge in [-0.2, -0.15) is 0 Å². The van der Waals surface area contributed by atoms with E-state index >= 15 is 0 Å². The Hall–Kier alpha value is -2.61. The number of nitrogens with zero attached hydrogens (tertiary/aromatic N) is 2. The van der Waals surface area contributed by atoms with Crippen LogP contribution in [-0.4, -0.2) is 74.2 Å². The second kappa shape index (κ2) is 11.5. The van der Waals surface area contributed by atoms with Gasteiger partial charge in [-0.05, 0) is 54.8 Å². The fourth-order valence-corrected chi connectivity index (χ4v) is 4.48. The lowest BCUT2D eigenvalue weighted by Crippen LogP contribution is -2.41. The van der Waals surface area contributed by atoms with Crippen molar-refractivity contribution >= 4 is 29.2 Å². The number of anilines is 1. The first-order valence-corrected chi connectivity index (χ1v) is 12.0. The number of piperidine rings is 1. The molecule has 2 aromatic rings. The van der Waals surface area contributed by atoms with E-state index in [0.29, 0.717) is 23.7 Å². The van der Waals surface area contributed by atoms with Gasteiger partial charge in [-0.25, -0.2) is 4.79 Å². The maximum atomic E-state index is 12.8. The fourth-order valence-electron chi connectivity index (χ4n) is 4.36. The highest BCUT2D eigenvalue weighted by molar-refractivity contribution is 6.30.